The molecule has 1 unspecified atom stereocenters. The van der Waals surface area contributed by atoms with Gasteiger partial charge in [0.2, 0.25) is 0 Å². The van der Waals surface area contributed by atoms with Gasteiger partial charge in [-0.05, 0) is 42.7 Å². The molecule has 0 radical (unpaired) electrons. The Morgan fingerprint density at radius 2 is 1.67 bits per heavy atom. The summed E-state index contributed by atoms with van der Waals surface area (Å²) in [7, 11) is 0. The van der Waals surface area contributed by atoms with Gasteiger partial charge in [0.25, 0.3) is 0 Å². The van der Waals surface area contributed by atoms with Crippen molar-refractivity contribution < 1.29 is 4.74 Å². The average Bonchev–Trinajstić information content (AvgIpc) is 3.12. The molecule has 4 aromatic rings. The first-order valence-electron chi connectivity index (χ1n) is 9.20. The zero-order chi connectivity index (χ0) is 18.5. The second-order valence-corrected chi connectivity index (χ2v) is 7.31. The lowest BCUT2D eigenvalue weighted by atomic mass is 10.1. The molecule has 4 rings (SSSR count). The largest absolute Gasteiger partial charge is 0.457 e. The van der Waals surface area contributed by atoms with Crippen molar-refractivity contribution in [3.63, 3.8) is 0 Å². The molecule has 0 aliphatic rings. The van der Waals surface area contributed by atoms with Gasteiger partial charge in [0.1, 0.15) is 11.5 Å². The summed E-state index contributed by atoms with van der Waals surface area (Å²) in [5.41, 5.74) is 2.33. The third-order valence-corrected chi connectivity index (χ3v) is 5.49. The molecule has 136 valence electrons. The summed E-state index contributed by atoms with van der Waals surface area (Å²) < 4.78 is 12.0. The maximum atomic E-state index is 6.09. The average molecular weight is 375 g/mol. The van der Waals surface area contributed by atoms with Crippen LogP contribution in [-0.4, -0.2) is 10.9 Å². The number of fused-ring (bicyclic) bond motifs is 1. The summed E-state index contributed by atoms with van der Waals surface area (Å²) in [4.78, 5) is 0. The number of para-hydroxylation sites is 2. The van der Waals surface area contributed by atoms with Crippen LogP contribution in [0.1, 0.15) is 24.2 Å². The highest BCUT2D eigenvalue weighted by Gasteiger charge is 2.12. The standard InChI is InChI=1S/C23H22N2OS/c1-17(24-16-15-21-20-12-6-8-14-23(20)27-25-21)19-11-5-7-13-22(19)26-18-9-3-2-4-10-18/h2-14,17,24H,15-16H2,1H3. The van der Waals surface area contributed by atoms with Crippen LogP contribution in [0, 0.1) is 0 Å². The van der Waals surface area contributed by atoms with Gasteiger partial charge < -0.3 is 10.1 Å². The van der Waals surface area contributed by atoms with Gasteiger partial charge in [-0.15, -0.1) is 0 Å². The summed E-state index contributed by atoms with van der Waals surface area (Å²) in [5, 5.41) is 4.88. The monoisotopic (exact) mass is 374 g/mol. The molecule has 0 fully saturated rings. The van der Waals surface area contributed by atoms with Crippen LogP contribution in [-0.2, 0) is 6.42 Å². The van der Waals surface area contributed by atoms with Gasteiger partial charge in [0.15, 0.2) is 0 Å². The first kappa shape index (κ1) is 17.7. The first-order valence-corrected chi connectivity index (χ1v) is 9.97. The van der Waals surface area contributed by atoms with Crippen molar-refractivity contribution in [1.82, 2.24) is 9.69 Å². The van der Waals surface area contributed by atoms with Crippen molar-refractivity contribution in [2.45, 2.75) is 19.4 Å². The summed E-state index contributed by atoms with van der Waals surface area (Å²) >= 11 is 1.58. The number of hydrogen-bond acceptors (Lipinski definition) is 4. The number of ether oxygens (including phenoxy) is 1. The molecule has 0 aliphatic carbocycles. The fraction of sp³-hybridized carbons (Fsp3) is 0.174. The van der Waals surface area contributed by atoms with Crippen LogP contribution in [0.15, 0.2) is 78.9 Å². The summed E-state index contributed by atoms with van der Waals surface area (Å²) in [6, 6.07) is 26.7. The fourth-order valence-corrected chi connectivity index (χ4v) is 4.00. The molecule has 0 saturated heterocycles. The highest BCUT2D eigenvalue weighted by atomic mass is 32.1. The van der Waals surface area contributed by atoms with E-state index in [0.717, 1.165) is 30.0 Å². The zero-order valence-corrected chi connectivity index (χ0v) is 16.1. The lowest BCUT2D eigenvalue weighted by Crippen LogP contribution is -2.21. The SMILES string of the molecule is CC(NCCc1nsc2ccccc12)c1ccccc1Oc1ccccc1. The maximum Gasteiger partial charge on any atom is 0.132 e. The highest BCUT2D eigenvalue weighted by molar-refractivity contribution is 7.13. The number of rotatable bonds is 7. The van der Waals surface area contributed by atoms with Crippen molar-refractivity contribution in [1.29, 1.82) is 0 Å². The second kappa shape index (κ2) is 8.33. The molecule has 1 N–H and O–H groups in total. The molecule has 3 nitrogen and oxygen atoms in total. The Balaban J connectivity index is 1.42. The van der Waals surface area contributed by atoms with Crippen LogP contribution < -0.4 is 10.1 Å². The molecule has 0 bridgehead atoms. The Labute approximate surface area is 163 Å². The Morgan fingerprint density at radius 3 is 2.56 bits per heavy atom. The molecule has 0 spiro atoms. The normalized spacial score (nSPS) is 12.2. The van der Waals surface area contributed by atoms with E-state index in [2.05, 4.69) is 53.0 Å². The minimum absolute atomic E-state index is 0.190. The molecular weight excluding hydrogens is 352 g/mol. The number of hydrogen-bond donors (Lipinski definition) is 1. The Hall–Kier alpha value is -2.69. The van der Waals surface area contributed by atoms with Crippen molar-refractivity contribution in [2.75, 3.05) is 6.54 Å². The van der Waals surface area contributed by atoms with E-state index in [4.69, 9.17) is 4.74 Å². The van der Waals surface area contributed by atoms with Gasteiger partial charge in [-0.25, -0.2) is 0 Å². The van der Waals surface area contributed by atoms with Crippen LogP contribution in [0.2, 0.25) is 0 Å². The van der Waals surface area contributed by atoms with Crippen molar-refractivity contribution in [2.24, 2.45) is 0 Å². The van der Waals surface area contributed by atoms with E-state index in [1.54, 1.807) is 11.5 Å². The quantitative estimate of drug-likeness (QED) is 0.432. The number of nitrogens with one attached hydrogen (secondary N) is 1. The van der Waals surface area contributed by atoms with Crippen LogP contribution in [0.4, 0.5) is 0 Å². The maximum absolute atomic E-state index is 6.09. The van der Waals surface area contributed by atoms with Crippen LogP contribution in [0.3, 0.4) is 0 Å². The van der Waals surface area contributed by atoms with Crippen molar-refractivity contribution >= 4 is 21.6 Å². The van der Waals surface area contributed by atoms with Gasteiger partial charge in [0, 0.05) is 30.0 Å². The van der Waals surface area contributed by atoms with Gasteiger partial charge in [-0.2, -0.15) is 4.37 Å². The van der Waals surface area contributed by atoms with E-state index in [1.165, 1.54) is 15.8 Å². The van der Waals surface area contributed by atoms with Crippen molar-refractivity contribution in [3.05, 3.63) is 90.1 Å². The Morgan fingerprint density at radius 1 is 0.926 bits per heavy atom. The molecule has 4 heteroatoms. The lowest BCUT2D eigenvalue weighted by molar-refractivity contribution is 0.461. The number of aromatic nitrogens is 1. The van der Waals surface area contributed by atoms with Gasteiger partial charge in [-0.1, -0.05) is 54.6 Å². The molecule has 1 heterocycles. The second-order valence-electron chi connectivity index (χ2n) is 6.50. The van der Waals surface area contributed by atoms with E-state index < -0.39 is 0 Å². The van der Waals surface area contributed by atoms with Crippen LogP contribution >= 0.6 is 11.5 Å². The fourth-order valence-electron chi connectivity index (χ4n) is 3.18. The van der Waals surface area contributed by atoms with E-state index in [1.807, 2.05) is 42.5 Å². The molecule has 0 saturated carbocycles. The zero-order valence-electron chi connectivity index (χ0n) is 15.3. The lowest BCUT2D eigenvalue weighted by Gasteiger charge is -2.18. The molecule has 27 heavy (non-hydrogen) atoms. The summed E-state index contributed by atoms with van der Waals surface area (Å²) in [6.07, 6.45) is 0.913. The summed E-state index contributed by atoms with van der Waals surface area (Å²) in [6.45, 7) is 3.04. The Kier molecular flexibility index (Phi) is 5.47. The smallest absolute Gasteiger partial charge is 0.132 e. The van der Waals surface area contributed by atoms with E-state index in [9.17, 15) is 0 Å². The predicted octanol–water partition coefficient (Wildman–Crippen LogP) is 5.98. The summed E-state index contributed by atoms with van der Waals surface area (Å²) in [5.74, 6) is 1.74. The van der Waals surface area contributed by atoms with Crippen molar-refractivity contribution in [3.8, 4) is 11.5 Å². The highest BCUT2D eigenvalue weighted by Crippen LogP contribution is 2.29. The van der Waals surface area contributed by atoms with E-state index >= 15 is 0 Å². The third kappa shape index (κ3) is 4.18. The minimum atomic E-state index is 0.190. The van der Waals surface area contributed by atoms with Gasteiger partial charge >= 0.3 is 0 Å². The van der Waals surface area contributed by atoms with Crippen LogP contribution in [0.5, 0.6) is 11.5 Å². The van der Waals surface area contributed by atoms with Crippen LogP contribution in [0.25, 0.3) is 10.1 Å². The molecule has 0 aliphatic heterocycles. The predicted molar refractivity (Wildman–Crippen MR) is 113 cm³/mol. The number of benzene rings is 3. The molecule has 0 amide bonds. The molecule has 1 atom stereocenters. The molecule has 1 aromatic heterocycles. The number of nitrogens with zero attached hydrogens (tertiary/aromatic N) is 1. The molecule has 3 aromatic carbocycles. The molecular formula is C23H22N2OS. The topological polar surface area (TPSA) is 34.2 Å². The Bertz CT molecular complexity index is 1010. The van der Waals surface area contributed by atoms with E-state index in [0.29, 0.717) is 0 Å². The third-order valence-electron chi connectivity index (χ3n) is 4.62. The van der Waals surface area contributed by atoms with E-state index in [-0.39, 0.29) is 6.04 Å². The van der Waals surface area contributed by atoms with Gasteiger partial charge in [0.05, 0.1) is 10.4 Å². The van der Waals surface area contributed by atoms with Gasteiger partial charge in [-0.3, -0.25) is 0 Å². The minimum Gasteiger partial charge on any atom is -0.457 e. The first-order chi connectivity index (χ1) is 13.3.